The van der Waals surface area contributed by atoms with Gasteiger partial charge < -0.3 is 30.8 Å². The van der Waals surface area contributed by atoms with Gasteiger partial charge >= 0.3 is 0 Å². The van der Waals surface area contributed by atoms with E-state index in [1.807, 2.05) is 7.05 Å². The maximum absolute atomic E-state index is 14.1. The summed E-state index contributed by atoms with van der Waals surface area (Å²) in [7, 11) is 3.65. The molecule has 0 unspecified atom stereocenters. The zero-order valence-electron chi connectivity index (χ0n) is 28.8. The lowest BCUT2D eigenvalue weighted by molar-refractivity contribution is 0.0912. The molecule has 4 aromatic rings. The third-order valence-electron chi connectivity index (χ3n) is 8.33. The van der Waals surface area contributed by atoms with Gasteiger partial charge in [-0.1, -0.05) is 34.8 Å². The highest BCUT2D eigenvalue weighted by atomic mass is 35.5. The summed E-state index contributed by atoms with van der Waals surface area (Å²) >= 11 is 16.6. The predicted molar refractivity (Wildman–Crippen MR) is 194 cm³/mol. The topological polar surface area (TPSA) is 205 Å². The molecule has 0 bridgehead atoms. The Morgan fingerprint density at radius 1 is 0.774 bits per heavy atom. The number of hydrogen-bond donors (Lipinski definition) is 4. The Morgan fingerprint density at radius 2 is 1.26 bits per heavy atom. The van der Waals surface area contributed by atoms with Gasteiger partial charge in [-0.25, -0.2) is 28.7 Å². The van der Waals surface area contributed by atoms with Crippen molar-refractivity contribution in [1.29, 1.82) is 10.5 Å². The second-order valence-corrected chi connectivity index (χ2v) is 13.7. The number of halogens is 5. The number of nitrogens with zero attached hydrogens (tertiary/aromatic N) is 8. The van der Waals surface area contributed by atoms with E-state index in [0.717, 1.165) is 57.1 Å². The number of carbonyl (C=O) groups excluding carboxylic acids is 2. The number of nitrogens with one attached hydrogen (secondary N) is 3. The summed E-state index contributed by atoms with van der Waals surface area (Å²) in [5, 5.41) is 25.8. The normalized spacial score (nSPS) is 19.2. The molecule has 19 heteroatoms. The van der Waals surface area contributed by atoms with Crippen LogP contribution in [0, 0.1) is 34.3 Å². The van der Waals surface area contributed by atoms with Crippen molar-refractivity contribution in [3.8, 4) is 12.1 Å². The molecule has 0 aliphatic heterocycles. The fraction of sp³-hybridized carbons (Fsp3) is 0.412. The highest BCUT2D eigenvalue weighted by molar-refractivity contribution is 6.33. The van der Waals surface area contributed by atoms with E-state index in [-0.39, 0.29) is 68.4 Å². The van der Waals surface area contributed by atoms with Crippen LogP contribution in [0.2, 0.25) is 15.5 Å². The van der Waals surface area contributed by atoms with E-state index in [2.05, 4.69) is 35.9 Å². The maximum Gasteiger partial charge on any atom is 0.271 e. The SMILES string of the molecule is Cn1cnc(C(=O)N[C@@H]2CCC[C@@H](Nc3nc(Cl)c(C#N)cc3F)C2)c1.Cn1cnc(C(=O)N[C@@H]2CCC[C@H](N)C2)c1.N#Cc1cc(F)c(Cl)nc1Cl. The highest BCUT2D eigenvalue weighted by Crippen LogP contribution is 2.26. The molecule has 2 saturated carbocycles. The van der Waals surface area contributed by atoms with Crippen LogP contribution in [0.15, 0.2) is 37.2 Å². The Bertz CT molecular complexity index is 1990. The van der Waals surface area contributed by atoms with Crippen LogP contribution < -0.4 is 21.7 Å². The summed E-state index contributed by atoms with van der Waals surface area (Å²) in [5.41, 5.74) is 6.70. The molecule has 53 heavy (non-hydrogen) atoms. The third kappa shape index (κ3) is 12.1. The molecular weight excluding hydrogens is 753 g/mol. The van der Waals surface area contributed by atoms with Crippen LogP contribution in [0.3, 0.4) is 0 Å². The van der Waals surface area contributed by atoms with E-state index in [1.165, 1.54) is 0 Å². The van der Waals surface area contributed by atoms with Crippen LogP contribution in [0.25, 0.3) is 0 Å². The van der Waals surface area contributed by atoms with Crippen molar-refractivity contribution < 1.29 is 18.4 Å². The zero-order valence-corrected chi connectivity index (χ0v) is 31.1. The minimum atomic E-state index is -0.743. The van der Waals surface area contributed by atoms with Gasteiger partial charge in [0.2, 0.25) is 0 Å². The van der Waals surface area contributed by atoms with Crippen LogP contribution in [0.1, 0.15) is 83.5 Å². The van der Waals surface area contributed by atoms with Crippen LogP contribution >= 0.6 is 34.8 Å². The molecule has 4 heterocycles. The molecule has 14 nitrogen and oxygen atoms in total. The lowest BCUT2D eigenvalue weighted by atomic mass is 9.91. The highest BCUT2D eigenvalue weighted by Gasteiger charge is 2.26. The van der Waals surface area contributed by atoms with Gasteiger partial charge in [-0.05, 0) is 63.5 Å². The Morgan fingerprint density at radius 3 is 1.77 bits per heavy atom. The number of amides is 2. The summed E-state index contributed by atoms with van der Waals surface area (Å²) in [6.45, 7) is 0. The average Bonchev–Trinajstić information content (AvgIpc) is 3.77. The summed E-state index contributed by atoms with van der Waals surface area (Å²) in [6.07, 6.45) is 13.8. The Balaban J connectivity index is 0.000000197. The molecule has 0 saturated heterocycles. The maximum atomic E-state index is 14.1. The molecule has 280 valence electrons. The summed E-state index contributed by atoms with van der Waals surface area (Å²) in [6, 6.07) is 5.82. The van der Waals surface area contributed by atoms with Crippen LogP contribution in [-0.4, -0.2) is 65.1 Å². The van der Waals surface area contributed by atoms with E-state index in [0.29, 0.717) is 17.8 Å². The van der Waals surface area contributed by atoms with E-state index in [1.54, 1.807) is 53.4 Å². The predicted octanol–water partition coefficient (Wildman–Crippen LogP) is 5.45. The van der Waals surface area contributed by atoms with Crippen molar-refractivity contribution in [2.45, 2.75) is 75.5 Å². The van der Waals surface area contributed by atoms with Gasteiger partial charge in [0.1, 0.15) is 33.8 Å². The zero-order chi connectivity index (χ0) is 38.7. The van der Waals surface area contributed by atoms with E-state index in [9.17, 15) is 18.4 Å². The molecule has 2 aliphatic rings. The summed E-state index contributed by atoms with van der Waals surface area (Å²) in [5.74, 6) is -1.66. The second-order valence-electron chi connectivity index (χ2n) is 12.6. The molecule has 4 atom stereocenters. The first-order chi connectivity index (χ1) is 25.3. The van der Waals surface area contributed by atoms with Gasteiger partial charge in [0.25, 0.3) is 11.8 Å². The van der Waals surface area contributed by atoms with Crippen molar-refractivity contribution in [1.82, 2.24) is 39.7 Å². The average molecular weight is 790 g/mol. The lowest BCUT2D eigenvalue weighted by Gasteiger charge is -2.30. The number of nitriles is 2. The first-order valence-electron chi connectivity index (χ1n) is 16.5. The van der Waals surface area contributed by atoms with Gasteiger partial charge in [-0.3, -0.25) is 9.59 Å². The second kappa shape index (κ2) is 19.3. The Hall–Kier alpha value is -4.87. The Kier molecular flexibility index (Phi) is 14.9. The van der Waals surface area contributed by atoms with Crippen molar-refractivity contribution in [3.63, 3.8) is 0 Å². The van der Waals surface area contributed by atoms with Gasteiger partial charge in [-0.2, -0.15) is 10.5 Å². The molecular formula is C34H37Cl3F2N12O2. The number of rotatable bonds is 6. The lowest BCUT2D eigenvalue weighted by Crippen LogP contribution is -2.42. The van der Waals surface area contributed by atoms with E-state index >= 15 is 0 Å². The van der Waals surface area contributed by atoms with Crippen LogP contribution in [0.5, 0.6) is 0 Å². The van der Waals surface area contributed by atoms with E-state index in [4.69, 9.17) is 51.1 Å². The van der Waals surface area contributed by atoms with Crippen molar-refractivity contribution >= 4 is 52.4 Å². The van der Waals surface area contributed by atoms with Crippen molar-refractivity contribution in [2.75, 3.05) is 5.32 Å². The fourth-order valence-corrected chi connectivity index (χ4v) is 6.30. The van der Waals surface area contributed by atoms with Crippen molar-refractivity contribution in [3.05, 3.63) is 86.8 Å². The third-order valence-corrected chi connectivity index (χ3v) is 9.17. The molecule has 6 rings (SSSR count). The smallest absolute Gasteiger partial charge is 0.271 e. The van der Waals surface area contributed by atoms with Gasteiger partial charge in [0.05, 0.1) is 23.8 Å². The number of carbonyl (C=O) groups is 2. The largest absolute Gasteiger partial charge is 0.365 e. The van der Waals surface area contributed by atoms with Gasteiger partial charge in [0.15, 0.2) is 22.6 Å². The monoisotopic (exact) mass is 788 g/mol. The van der Waals surface area contributed by atoms with Gasteiger partial charge in [0, 0.05) is 50.7 Å². The minimum Gasteiger partial charge on any atom is -0.365 e. The quantitative estimate of drug-likeness (QED) is 0.182. The fourth-order valence-electron chi connectivity index (χ4n) is 5.75. The first-order valence-corrected chi connectivity index (χ1v) is 17.7. The number of anilines is 1. The molecule has 0 radical (unpaired) electrons. The van der Waals surface area contributed by atoms with Crippen LogP contribution in [0.4, 0.5) is 14.6 Å². The molecule has 4 aromatic heterocycles. The number of imidazole rings is 2. The number of aryl methyl sites for hydroxylation is 2. The molecule has 5 N–H and O–H groups in total. The number of aromatic nitrogens is 6. The number of nitrogens with two attached hydrogens (primary N) is 1. The minimum absolute atomic E-state index is 0.00105. The van der Waals surface area contributed by atoms with Gasteiger partial charge in [-0.15, -0.1) is 0 Å². The molecule has 2 amide bonds. The number of hydrogen-bond acceptors (Lipinski definition) is 10. The first kappa shape index (κ1) is 40.9. The Labute approximate surface area is 319 Å². The standard InChI is InChI=1S/C17H18ClFN6O.C11H18N4O.C6HCl2FN2/c1-25-8-14(21-9-25)17(26)23-12-4-2-3-11(6-12)22-16-13(19)5-10(7-20)15(18)24-16;1-15-6-10(13-7-15)11(16)14-9-4-2-3-8(12)5-9;7-5-3(2-10)1-4(9)6(8)11-5/h5,8-9,11-12H,2-4,6H2,1H3,(H,22,24)(H,23,26);6-9H,2-5,12H2,1H3,(H,14,16);1H/t11-,12-;8-,9+;/m10./s1. The number of pyridine rings is 2. The van der Waals surface area contributed by atoms with E-state index < -0.39 is 11.6 Å². The molecule has 0 aromatic carbocycles. The molecule has 2 fully saturated rings. The van der Waals surface area contributed by atoms with Crippen LogP contribution in [-0.2, 0) is 14.1 Å². The van der Waals surface area contributed by atoms with Crippen molar-refractivity contribution in [2.24, 2.45) is 19.8 Å². The summed E-state index contributed by atoms with van der Waals surface area (Å²) < 4.78 is 30.1. The molecule has 2 aliphatic carbocycles. The molecule has 0 spiro atoms. The summed E-state index contributed by atoms with van der Waals surface area (Å²) in [4.78, 5) is 39.4.